The van der Waals surface area contributed by atoms with Crippen molar-refractivity contribution in [1.82, 2.24) is 14.9 Å². The van der Waals surface area contributed by atoms with Crippen LogP contribution in [0, 0.1) is 0 Å². The number of nitrogens with two attached hydrogens (primary N) is 1. The van der Waals surface area contributed by atoms with Crippen LogP contribution in [0.5, 0.6) is 0 Å². The Hall–Kier alpha value is -1.00. The molecular weight excluding hydrogens is 176 g/mol. The van der Waals surface area contributed by atoms with Gasteiger partial charge in [0.25, 0.3) is 0 Å². The largest absolute Gasteiger partial charge is 0.323 e. The second-order valence-corrected chi connectivity index (χ2v) is 4.03. The van der Waals surface area contributed by atoms with Crippen LogP contribution in [0.15, 0.2) is 18.5 Å². The van der Waals surface area contributed by atoms with Crippen molar-refractivity contribution < 1.29 is 0 Å². The van der Waals surface area contributed by atoms with Gasteiger partial charge in [-0.2, -0.15) is 0 Å². The molecule has 76 valence electrons. The quantitative estimate of drug-likeness (QED) is 0.753. The van der Waals surface area contributed by atoms with Gasteiger partial charge < -0.3 is 5.73 Å². The highest BCUT2D eigenvalue weighted by molar-refractivity contribution is 5.00. The Kier molecular flexibility index (Phi) is 2.48. The fourth-order valence-corrected chi connectivity index (χ4v) is 1.79. The van der Waals surface area contributed by atoms with Crippen molar-refractivity contribution in [3.63, 3.8) is 0 Å². The molecule has 0 unspecified atom stereocenters. The average molecular weight is 192 g/mol. The van der Waals surface area contributed by atoms with Crippen molar-refractivity contribution in [3.8, 4) is 0 Å². The van der Waals surface area contributed by atoms with Crippen LogP contribution in [-0.4, -0.2) is 33.5 Å². The molecule has 0 aromatic carbocycles. The van der Waals surface area contributed by atoms with Crippen LogP contribution in [0.3, 0.4) is 0 Å². The fraction of sp³-hybridized carbons (Fsp3) is 0.600. The SMILES string of the molecule is CCC1(N)CN(Cc2ncccn2)C1. The normalized spacial score (nSPS) is 20.4. The summed E-state index contributed by atoms with van der Waals surface area (Å²) in [5, 5.41) is 0. The highest BCUT2D eigenvalue weighted by atomic mass is 15.3. The van der Waals surface area contributed by atoms with E-state index < -0.39 is 0 Å². The summed E-state index contributed by atoms with van der Waals surface area (Å²) in [6.45, 7) is 4.87. The molecular formula is C10H16N4. The van der Waals surface area contributed by atoms with Crippen molar-refractivity contribution in [2.45, 2.75) is 25.4 Å². The molecule has 2 rings (SSSR count). The Bertz CT molecular complexity index is 292. The molecule has 2 heterocycles. The smallest absolute Gasteiger partial charge is 0.142 e. The Morgan fingerprint density at radius 2 is 2.07 bits per heavy atom. The maximum atomic E-state index is 6.06. The van der Waals surface area contributed by atoms with E-state index >= 15 is 0 Å². The lowest BCUT2D eigenvalue weighted by molar-refractivity contribution is 0.0583. The molecule has 4 heteroatoms. The third-order valence-electron chi connectivity index (χ3n) is 2.77. The Morgan fingerprint density at radius 1 is 1.43 bits per heavy atom. The van der Waals surface area contributed by atoms with E-state index in [0.717, 1.165) is 31.9 Å². The first kappa shape index (κ1) is 9.55. The van der Waals surface area contributed by atoms with E-state index in [9.17, 15) is 0 Å². The summed E-state index contributed by atoms with van der Waals surface area (Å²) in [5.41, 5.74) is 6.10. The molecule has 0 atom stereocenters. The lowest BCUT2D eigenvalue weighted by Gasteiger charge is -2.47. The summed E-state index contributed by atoms with van der Waals surface area (Å²) in [5.74, 6) is 0.880. The first-order valence-corrected chi connectivity index (χ1v) is 4.99. The van der Waals surface area contributed by atoms with Gasteiger partial charge in [0.15, 0.2) is 0 Å². The minimum Gasteiger partial charge on any atom is -0.323 e. The van der Waals surface area contributed by atoms with E-state index in [1.165, 1.54) is 0 Å². The summed E-state index contributed by atoms with van der Waals surface area (Å²) in [4.78, 5) is 10.6. The van der Waals surface area contributed by atoms with Gasteiger partial charge in [0.2, 0.25) is 0 Å². The Morgan fingerprint density at radius 3 is 2.64 bits per heavy atom. The van der Waals surface area contributed by atoms with Crippen LogP contribution in [0.25, 0.3) is 0 Å². The molecule has 1 aliphatic heterocycles. The first-order chi connectivity index (χ1) is 6.72. The van der Waals surface area contributed by atoms with Gasteiger partial charge >= 0.3 is 0 Å². The van der Waals surface area contributed by atoms with Gasteiger partial charge in [-0.3, -0.25) is 4.90 Å². The molecule has 1 aromatic heterocycles. The molecule has 1 aliphatic rings. The zero-order valence-electron chi connectivity index (χ0n) is 8.48. The summed E-state index contributed by atoms with van der Waals surface area (Å²) in [6, 6.07) is 1.83. The average Bonchev–Trinajstić information content (AvgIpc) is 2.17. The zero-order valence-corrected chi connectivity index (χ0v) is 8.48. The zero-order chi connectivity index (χ0) is 10.0. The molecule has 1 fully saturated rings. The molecule has 1 aromatic rings. The molecule has 4 nitrogen and oxygen atoms in total. The third-order valence-corrected chi connectivity index (χ3v) is 2.77. The second kappa shape index (κ2) is 3.63. The summed E-state index contributed by atoms with van der Waals surface area (Å²) in [7, 11) is 0. The maximum absolute atomic E-state index is 6.06. The van der Waals surface area contributed by atoms with Crippen molar-refractivity contribution in [2.75, 3.05) is 13.1 Å². The predicted octanol–water partition coefficient (Wildman–Crippen LogP) is 0.400. The van der Waals surface area contributed by atoms with Crippen molar-refractivity contribution in [2.24, 2.45) is 5.73 Å². The molecule has 0 aliphatic carbocycles. The Labute approximate surface area is 84.2 Å². The predicted molar refractivity (Wildman–Crippen MR) is 54.5 cm³/mol. The van der Waals surface area contributed by atoms with Gasteiger partial charge in [0, 0.05) is 31.0 Å². The number of likely N-dealkylation sites (tertiary alicyclic amines) is 1. The van der Waals surface area contributed by atoms with E-state index in [4.69, 9.17) is 5.73 Å². The minimum absolute atomic E-state index is 0.0365. The maximum Gasteiger partial charge on any atom is 0.142 e. The number of hydrogen-bond donors (Lipinski definition) is 1. The van der Waals surface area contributed by atoms with Crippen LogP contribution in [-0.2, 0) is 6.54 Å². The molecule has 0 spiro atoms. The van der Waals surface area contributed by atoms with Gasteiger partial charge in [-0.05, 0) is 12.5 Å². The lowest BCUT2D eigenvalue weighted by Crippen LogP contribution is -2.66. The van der Waals surface area contributed by atoms with E-state index in [-0.39, 0.29) is 5.54 Å². The van der Waals surface area contributed by atoms with E-state index in [1.54, 1.807) is 12.4 Å². The molecule has 0 amide bonds. The summed E-state index contributed by atoms with van der Waals surface area (Å²) >= 11 is 0. The van der Waals surface area contributed by atoms with Crippen LogP contribution < -0.4 is 5.73 Å². The summed E-state index contributed by atoms with van der Waals surface area (Å²) < 4.78 is 0. The van der Waals surface area contributed by atoms with E-state index in [2.05, 4.69) is 21.8 Å². The topological polar surface area (TPSA) is 55.0 Å². The molecule has 1 saturated heterocycles. The van der Waals surface area contributed by atoms with Gasteiger partial charge in [-0.25, -0.2) is 9.97 Å². The Balaban J connectivity index is 1.85. The number of hydrogen-bond acceptors (Lipinski definition) is 4. The second-order valence-electron chi connectivity index (χ2n) is 4.03. The van der Waals surface area contributed by atoms with Crippen LogP contribution in [0.2, 0.25) is 0 Å². The third kappa shape index (κ3) is 1.91. The van der Waals surface area contributed by atoms with Crippen LogP contribution in [0.1, 0.15) is 19.2 Å². The number of rotatable bonds is 3. The molecule has 2 N–H and O–H groups in total. The first-order valence-electron chi connectivity index (χ1n) is 4.99. The summed E-state index contributed by atoms with van der Waals surface area (Å²) in [6.07, 6.45) is 4.59. The molecule has 0 bridgehead atoms. The van der Waals surface area contributed by atoms with Crippen LogP contribution >= 0.6 is 0 Å². The molecule has 0 radical (unpaired) electrons. The van der Waals surface area contributed by atoms with Crippen LogP contribution in [0.4, 0.5) is 0 Å². The highest BCUT2D eigenvalue weighted by Gasteiger charge is 2.37. The van der Waals surface area contributed by atoms with E-state index in [1.807, 2.05) is 6.07 Å². The van der Waals surface area contributed by atoms with Gasteiger partial charge in [-0.15, -0.1) is 0 Å². The number of aromatic nitrogens is 2. The van der Waals surface area contributed by atoms with E-state index in [0.29, 0.717) is 0 Å². The molecule has 14 heavy (non-hydrogen) atoms. The van der Waals surface area contributed by atoms with Crippen molar-refractivity contribution in [3.05, 3.63) is 24.3 Å². The number of nitrogens with zero attached hydrogens (tertiary/aromatic N) is 3. The fourth-order valence-electron chi connectivity index (χ4n) is 1.79. The van der Waals surface area contributed by atoms with Gasteiger partial charge in [0.05, 0.1) is 6.54 Å². The van der Waals surface area contributed by atoms with Crippen molar-refractivity contribution >= 4 is 0 Å². The van der Waals surface area contributed by atoms with Crippen molar-refractivity contribution in [1.29, 1.82) is 0 Å². The highest BCUT2D eigenvalue weighted by Crippen LogP contribution is 2.22. The van der Waals surface area contributed by atoms with Gasteiger partial charge in [0.1, 0.15) is 5.82 Å². The standard InChI is InChI=1S/C10H16N4/c1-2-10(11)7-14(8-10)6-9-12-4-3-5-13-9/h3-5H,2,6-8,11H2,1H3. The lowest BCUT2D eigenvalue weighted by atomic mass is 9.88. The molecule has 0 saturated carbocycles. The van der Waals surface area contributed by atoms with Gasteiger partial charge in [-0.1, -0.05) is 6.92 Å². The monoisotopic (exact) mass is 192 g/mol. The minimum atomic E-state index is 0.0365.